The largest absolute Gasteiger partial charge is 0.477 e. The van der Waals surface area contributed by atoms with Crippen LogP contribution in [0.15, 0.2) is 12.1 Å². The SMILES string of the molecule is CS(=O)(=O)N1CC[C@@H](CNC(=O)c2ccc(C(=O)O)s2)C1. The van der Waals surface area contributed by atoms with Crippen LogP contribution < -0.4 is 5.32 Å². The average Bonchev–Trinajstić information content (AvgIpc) is 3.04. The van der Waals surface area contributed by atoms with Crippen LogP contribution >= 0.6 is 11.3 Å². The zero-order chi connectivity index (χ0) is 15.6. The van der Waals surface area contributed by atoms with E-state index in [1.807, 2.05) is 0 Å². The van der Waals surface area contributed by atoms with E-state index in [0.717, 1.165) is 11.3 Å². The van der Waals surface area contributed by atoms with Gasteiger partial charge in [0.25, 0.3) is 5.91 Å². The molecule has 1 atom stereocenters. The Hall–Kier alpha value is -1.45. The number of carboxylic acids is 1. The Morgan fingerprint density at radius 2 is 2.10 bits per heavy atom. The van der Waals surface area contributed by atoms with Gasteiger partial charge in [-0.2, -0.15) is 0 Å². The number of thiophene rings is 1. The summed E-state index contributed by atoms with van der Waals surface area (Å²) in [7, 11) is -3.17. The highest BCUT2D eigenvalue weighted by atomic mass is 32.2. The Labute approximate surface area is 126 Å². The highest BCUT2D eigenvalue weighted by Crippen LogP contribution is 2.19. The summed E-state index contributed by atoms with van der Waals surface area (Å²) in [6.45, 7) is 1.26. The van der Waals surface area contributed by atoms with Crippen LogP contribution in [-0.2, 0) is 10.0 Å². The van der Waals surface area contributed by atoms with E-state index in [2.05, 4.69) is 5.32 Å². The molecule has 1 amide bonds. The van der Waals surface area contributed by atoms with E-state index in [1.165, 1.54) is 22.7 Å². The number of hydrogen-bond donors (Lipinski definition) is 2. The lowest BCUT2D eigenvalue weighted by atomic mass is 10.1. The van der Waals surface area contributed by atoms with Crippen molar-refractivity contribution >= 4 is 33.2 Å². The van der Waals surface area contributed by atoms with E-state index in [4.69, 9.17) is 5.11 Å². The van der Waals surface area contributed by atoms with Crippen molar-refractivity contribution in [1.82, 2.24) is 9.62 Å². The molecule has 7 nitrogen and oxygen atoms in total. The molecule has 2 heterocycles. The van der Waals surface area contributed by atoms with Gasteiger partial charge in [0.15, 0.2) is 0 Å². The third-order valence-electron chi connectivity index (χ3n) is 3.31. The second kappa shape index (κ2) is 6.12. The first-order chi connectivity index (χ1) is 9.77. The maximum Gasteiger partial charge on any atom is 0.345 e. The first kappa shape index (κ1) is 15.9. The number of hydrogen-bond acceptors (Lipinski definition) is 5. The fraction of sp³-hybridized carbons (Fsp3) is 0.500. The molecule has 0 aliphatic carbocycles. The summed E-state index contributed by atoms with van der Waals surface area (Å²) in [6, 6.07) is 2.86. The molecule has 1 fully saturated rings. The molecular formula is C12H16N2O5S2. The minimum atomic E-state index is -3.17. The van der Waals surface area contributed by atoms with Crippen molar-refractivity contribution in [3.8, 4) is 0 Å². The van der Waals surface area contributed by atoms with Crippen molar-refractivity contribution in [3.05, 3.63) is 21.9 Å². The van der Waals surface area contributed by atoms with Crippen LogP contribution in [-0.4, -0.2) is 55.6 Å². The molecule has 0 saturated carbocycles. The molecule has 1 saturated heterocycles. The molecule has 21 heavy (non-hydrogen) atoms. The number of carboxylic acid groups (broad SMARTS) is 1. The number of sulfonamides is 1. The van der Waals surface area contributed by atoms with Gasteiger partial charge in [0.2, 0.25) is 10.0 Å². The predicted octanol–water partition coefficient (Wildman–Crippen LogP) is 0.458. The minimum absolute atomic E-state index is 0.0857. The van der Waals surface area contributed by atoms with Gasteiger partial charge in [-0.1, -0.05) is 0 Å². The molecule has 1 aliphatic heterocycles. The van der Waals surface area contributed by atoms with Gasteiger partial charge in [0.1, 0.15) is 4.88 Å². The molecule has 0 unspecified atom stereocenters. The molecule has 1 aromatic heterocycles. The van der Waals surface area contributed by atoms with Crippen molar-refractivity contribution in [3.63, 3.8) is 0 Å². The molecule has 2 N–H and O–H groups in total. The maximum atomic E-state index is 11.9. The van der Waals surface area contributed by atoms with Crippen molar-refractivity contribution in [2.24, 2.45) is 5.92 Å². The minimum Gasteiger partial charge on any atom is -0.477 e. The van der Waals surface area contributed by atoms with E-state index in [9.17, 15) is 18.0 Å². The second-order valence-corrected chi connectivity index (χ2v) is 8.02. The van der Waals surface area contributed by atoms with E-state index in [1.54, 1.807) is 0 Å². The first-order valence-electron chi connectivity index (χ1n) is 6.34. The van der Waals surface area contributed by atoms with Crippen LogP contribution in [0.25, 0.3) is 0 Å². The summed E-state index contributed by atoms with van der Waals surface area (Å²) in [5, 5.41) is 11.5. The van der Waals surface area contributed by atoms with Gasteiger partial charge in [0, 0.05) is 19.6 Å². The lowest BCUT2D eigenvalue weighted by Gasteiger charge is -2.13. The van der Waals surface area contributed by atoms with E-state index in [-0.39, 0.29) is 16.7 Å². The van der Waals surface area contributed by atoms with Crippen molar-refractivity contribution < 1.29 is 23.1 Å². The lowest BCUT2D eigenvalue weighted by Crippen LogP contribution is -2.32. The monoisotopic (exact) mass is 332 g/mol. The number of carbonyl (C=O) groups is 2. The number of amides is 1. The lowest BCUT2D eigenvalue weighted by molar-refractivity contribution is 0.0702. The molecule has 0 aromatic carbocycles. The van der Waals surface area contributed by atoms with Crippen LogP contribution in [0, 0.1) is 5.92 Å². The predicted molar refractivity (Wildman–Crippen MR) is 78.1 cm³/mol. The zero-order valence-corrected chi connectivity index (χ0v) is 13.0. The Morgan fingerprint density at radius 3 is 2.62 bits per heavy atom. The second-order valence-electron chi connectivity index (χ2n) is 4.95. The van der Waals surface area contributed by atoms with Gasteiger partial charge in [-0.3, -0.25) is 4.79 Å². The van der Waals surface area contributed by atoms with Crippen molar-refractivity contribution in [2.75, 3.05) is 25.9 Å². The van der Waals surface area contributed by atoms with Gasteiger partial charge in [-0.05, 0) is 24.5 Å². The summed E-state index contributed by atoms with van der Waals surface area (Å²) in [6.07, 6.45) is 1.88. The fourth-order valence-electron chi connectivity index (χ4n) is 2.16. The van der Waals surface area contributed by atoms with Crippen molar-refractivity contribution in [1.29, 1.82) is 0 Å². The number of nitrogens with zero attached hydrogens (tertiary/aromatic N) is 1. The molecule has 1 aromatic rings. The summed E-state index contributed by atoms with van der Waals surface area (Å²) in [5.41, 5.74) is 0. The maximum absolute atomic E-state index is 11.9. The Morgan fingerprint density at radius 1 is 1.43 bits per heavy atom. The fourth-order valence-corrected chi connectivity index (χ4v) is 3.84. The first-order valence-corrected chi connectivity index (χ1v) is 9.00. The standard InChI is InChI=1S/C12H16N2O5S2/c1-21(18,19)14-5-4-8(7-14)6-13-11(15)9-2-3-10(20-9)12(16)17/h2-3,8H,4-7H2,1H3,(H,13,15)(H,16,17)/t8-/m0/s1. The van der Waals surface area contributed by atoms with Crippen LogP contribution in [0.1, 0.15) is 25.8 Å². The van der Waals surface area contributed by atoms with Gasteiger partial charge >= 0.3 is 5.97 Å². The summed E-state index contributed by atoms with van der Waals surface area (Å²) in [5.74, 6) is -1.30. The quantitative estimate of drug-likeness (QED) is 0.815. The number of aromatic carboxylic acids is 1. The number of rotatable bonds is 5. The average molecular weight is 332 g/mol. The summed E-state index contributed by atoms with van der Waals surface area (Å²) >= 11 is 0.918. The molecule has 0 spiro atoms. The molecule has 0 radical (unpaired) electrons. The third-order valence-corrected chi connectivity index (χ3v) is 5.65. The molecular weight excluding hydrogens is 316 g/mol. The third kappa shape index (κ3) is 4.02. The van der Waals surface area contributed by atoms with Crippen molar-refractivity contribution in [2.45, 2.75) is 6.42 Å². The molecule has 9 heteroatoms. The van der Waals surface area contributed by atoms with Crippen LogP contribution in [0.2, 0.25) is 0 Å². The molecule has 1 aliphatic rings. The highest BCUT2D eigenvalue weighted by Gasteiger charge is 2.28. The highest BCUT2D eigenvalue weighted by molar-refractivity contribution is 7.88. The molecule has 2 rings (SSSR count). The summed E-state index contributed by atoms with van der Waals surface area (Å²) in [4.78, 5) is 23.1. The Balaban J connectivity index is 1.86. The molecule has 0 bridgehead atoms. The van der Waals surface area contributed by atoms with E-state index < -0.39 is 16.0 Å². The van der Waals surface area contributed by atoms with E-state index >= 15 is 0 Å². The summed E-state index contributed by atoms with van der Waals surface area (Å²) < 4.78 is 24.2. The van der Waals surface area contributed by atoms with E-state index in [0.29, 0.717) is 30.9 Å². The molecule has 116 valence electrons. The Bertz CT molecular complexity index is 652. The van der Waals surface area contributed by atoms with Crippen LogP contribution in [0.3, 0.4) is 0 Å². The van der Waals surface area contributed by atoms with Gasteiger partial charge in [-0.25, -0.2) is 17.5 Å². The van der Waals surface area contributed by atoms with Gasteiger partial charge in [-0.15, -0.1) is 11.3 Å². The van der Waals surface area contributed by atoms with Gasteiger partial charge < -0.3 is 10.4 Å². The topological polar surface area (TPSA) is 104 Å². The number of nitrogens with one attached hydrogen (secondary N) is 1. The number of carbonyl (C=O) groups excluding carboxylic acids is 1. The van der Waals surface area contributed by atoms with Gasteiger partial charge in [0.05, 0.1) is 11.1 Å². The Kier molecular flexibility index (Phi) is 4.64. The zero-order valence-electron chi connectivity index (χ0n) is 11.4. The van der Waals surface area contributed by atoms with Crippen LogP contribution in [0.5, 0.6) is 0 Å². The normalized spacial score (nSPS) is 19.6. The van der Waals surface area contributed by atoms with Crippen LogP contribution in [0.4, 0.5) is 0 Å². The smallest absolute Gasteiger partial charge is 0.345 e.